The lowest BCUT2D eigenvalue weighted by atomic mass is 9.96. The van der Waals surface area contributed by atoms with E-state index < -0.39 is 248 Å². The van der Waals surface area contributed by atoms with Crippen LogP contribution in [0.1, 0.15) is 115 Å². The summed E-state index contributed by atoms with van der Waals surface area (Å²) in [5.74, 6) is -7.86. The molecule has 2 aromatic heterocycles. The second-order valence-electron chi connectivity index (χ2n) is 28.5. The van der Waals surface area contributed by atoms with E-state index in [0.717, 1.165) is 45.0 Å². The molecule has 0 radical (unpaired) electrons. The number of nitrogens with zero attached hydrogens (tertiary/aromatic N) is 3. The maximum atomic E-state index is 13.8. The van der Waals surface area contributed by atoms with Gasteiger partial charge in [0.25, 0.3) is 17.0 Å². The molecule has 0 spiro atoms. The Hall–Kier alpha value is -6.92. The summed E-state index contributed by atoms with van der Waals surface area (Å²) in [5, 5.41) is 81.6. The number of aliphatic hydroxyl groups is 6. The third-order valence-electron chi connectivity index (χ3n) is 17.6. The van der Waals surface area contributed by atoms with Crippen molar-refractivity contribution in [1.29, 1.82) is 0 Å². The number of amides is 7. The molecule has 114 heavy (non-hydrogen) atoms. The molecule has 0 saturated carbocycles. The van der Waals surface area contributed by atoms with E-state index in [2.05, 4.69) is 43.1 Å². The Balaban J connectivity index is 0.000000237. The molecule has 50 heteroatoms. The summed E-state index contributed by atoms with van der Waals surface area (Å²) in [6, 6.07) is -1.19. The van der Waals surface area contributed by atoms with Crippen molar-refractivity contribution in [1.82, 2.24) is 60.5 Å². The number of aliphatic hydroxyl groups excluding tert-OH is 3. The summed E-state index contributed by atoms with van der Waals surface area (Å²) in [7, 11) is 0. The Morgan fingerprint density at radius 1 is 0.509 bits per heavy atom. The van der Waals surface area contributed by atoms with Crippen molar-refractivity contribution in [2.75, 3.05) is 37.1 Å². The molecule has 0 bridgehead atoms. The number of esters is 3. The summed E-state index contributed by atoms with van der Waals surface area (Å²) >= 11 is 2.09. The zero-order valence-electron chi connectivity index (χ0n) is 63.6. The number of imide groups is 3. The Bertz CT molecular complexity index is 4200. The molecule has 21 atom stereocenters. The van der Waals surface area contributed by atoms with Gasteiger partial charge in [-0.25, -0.2) is 24.9 Å². The van der Waals surface area contributed by atoms with Crippen LogP contribution >= 0.6 is 54.3 Å². The van der Waals surface area contributed by atoms with E-state index in [4.69, 9.17) is 42.0 Å². The van der Waals surface area contributed by atoms with Gasteiger partial charge in [-0.05, 0) is 83.1 Å². The lowest BCUT2D eigenvalue weighted by molar-refractivity contribution is -0.149. The van der Waals surface area contributed by atoms with Gasteiger partial charge in [0.05, 0.1) is 55.9 Å². The number of aromatic nitrogens is 4. The number of H-pyrrole nitrogens is 2. The van der Waals surface area contributed by atoms with Gasteiger partial charge in [-0.2, -0.15) is 0 Å². The molecule has 2 aromatic rings. The number of nitrogens with one attached hydrogen (secondary N) is 9. The van der Waals surface area contributed by atoms with Crippen LogP contribution in [0.3, 0.4) is 0 Å². The first-order chi connectivity index (χ1) is 52.9. The van der Waals surface area contributed by atoms with Crippen LogP contribution in [-0.4, -0.2) is 247 Å². The fourth-order valence-corrected chi connectivity index (χ4v) is 23.6. The lowest BCUT2D eigenvalue weighted by Gasteiger charge is -2.37. The second-order valence-corrected chi connectivity index (χ2v) is 41.5. The second kappa shape index (κ2) is 39.1. The maximum Gasteiger partial charge on any atom is 0.330 e. The molecule has 0 aliphatic carbocycles. The molecule has 6 saturated heterocycles. The smallest absolute Gasteiger partial charge is 0.330 e. The largest absolute Gasteiger partial charge is 0.462 e. The molecular formula is C64H95N12O32P3S3. The quantitative estimate of drug-likeness (QED) is 0.0154. The van der Waals surface area contributed by atoms with Crippen LogP contribution in [0.15, 0.2) is 68.4 Å². The predicted molar refractivity (Wildman–Crippen MR) is 401 cm³/mol. The van der Waals surface area contributed by atoms with Crippen molar-refractivity contribution < 1.29 is 134 Å². The fraction of sp³-hybridized carbons (Fsp3) is 0.656. The number of ether oxygens (including phenoxy) is 6. The normalized spacial score (nSPS) is 30.4. The van der Waals surface area contributed by atoms with Crippen molar-refractivity contribution in [3.05, 3.63) is 90.9 Å². The van der Waals surface area contributed by atoms with E-state index in [1.807, 2.05) is 9.97 Å². The molecule has 7 aliphatic rings. The highest BCUT2D eigenvalue weighted by Crippen LogP contribution is 2.60. The van der Waals surface area contributed by atoms with Gasteiger partial charge >= 0.3 is 49.5 Å². The molecule has 0 aromatic carbocycles. The van der Waals surface area contributed by atoms with Gasteiger partial charge in [-0.1, -0.05) is 40.7 Å². The molecule has 7 unspecified atom stereocenters. The Labute approximate surface area is 661 Å². The molecule has 7 amide bonds. The minimum Gasteiger partial charge on any atom is -0.462 e. The lowest BCUT2D eigenvalue weighted by Crippen LogP contribution is -2.53. The molecule has 636 valence electrons. The van der Waals surface area contributed by atoms with Gasteiger partial charge in [0.15, 0.2) is 18.7 Å². The van der Waals surface area contributed by atoms with Crippen molar-refractivity contribution in [3.63, 3.8) is 0 Å². The number of aromatic amines is 2. The third kappa shape index (κ3) is 24.6. The number of carbonyl (C=O) groups excluding carboxylic acids is 10. The first-order valence-electron chi connectivity index (χ1n) is 35.3. The van der Waals surface area contributed by atoms with Crippen LogP contribution in [0, 0.1) is 17.8 Å². The van der Waals surface area contributed by atoms with Gasteiger partial charge in [-0.3, -0.25) is 106 Å². The van der Waals surface area contributed by atoms with Gasteiger partial charge in [0, 0.05) is 73.3 Å². The molecule has 6 fully saturated rings. The number of rotatable bonds is 33. The standard InChI is InChI=1S/C22H33N4O10PS.2C21H31N4O11PS/c1-11(2)35-20(31)12(3)25-37(33,38-10-14-8-17(28)24-19(14)30)34-9-15-18(29)22(5,32)21(36-15)26-7-6-16(27)23-13(26)4;2*1-10(2)35-18(30)11(3)24-37(33,38-9-12-7-15(27)22-17(12)29)34-8-13-16(28)21(4,32)19(36-13)25-6-5-14(26)23-20(25)31/h6-7,11-12,14-15,18,21,29,32H,4,8-10H2,1-3,5H3,(H,23,27)(H,25,33)(H,24,28,30);2*5-6,10-13,16,19,28,32H,7-9H2,1-4H3,(H,24,33)(H,22,27,29)(H,23,26,31)/t12-,14?,15-,18-,21?,22-,37+;11-,12?,13-,16-,19?,21-,37?;11-,12?,13-,16-,19?,21-,37-/m111/s1. The number of hydrogen-bond acceptors (Lipinski definition) is 36. The molecule has 15 N–H and O–H groups in total. The highest BCUT2D eigenvalue weighted by Gasteiger charge is 2.58. The van der Waals surface area contributed by atoms with Crippen molar-refractivity contribution in [2.45, 2.75) is 211 Å². The van der Waals surface area contributed by atoms with Crippen molar-refractivity contribution >= 4 is 114 Å². The van der Waals surface area contributed by atoms with E-state index in [1.165, 1.54) is 58.7 Å². The maximum absolute atomic E-state index is 13.8. The zero-order valence-corrected chi connectivity index (χ0v) is 68.8. The molecular weight excluding hydrogens is 1640 g/mol. The van der Waals surface area contributed by atoms with Crippen LogP contribution in [0.2, 0.25) is 0 Å². The minimum atomic E-state index is -4.01. The van der Waals surface area contributed by atoms with Gasteiger partial charge < -0.3 is 82.8 Å². The number of carbonyl (C=O) groups is 10. The Kier molecular flexibility index (Phi) is 32.3. The molecule has 44 nitrogen and oxygen atoms in total. The average Bonchev–Trinajstić information content (AvgIpc) is 1.62. The summed E-state index contributed by atoms with van der Waals surface area (Å²) < 4.78 is 92.4. The van der Waals surface area contributed by atoms with Crippen LogP contribution in [0.4, 0.5) is 0 Å². The monoisotopic (exact) mass is 1730 g/mol. The molecule has 9 rings (SSSR count). The summed E-state index contributed by atoms with van der Waals surface area (Å²) in [6.07, 6.45) is -9.39. The van der Waals surface area contributed by atoms with Crippen LogP contribution in [0.5, 0.6) is 0 Å². The van der Waals surface area contributed by atoms with Crippen LogP contribution < -0.4 is 59.0 Å². The molecule has 9 heterocycles. The van der Waals surface area contributed by atoms with E-state index in [0.29, 0.717) is 22.8 Å². The van der Waals surface area contributed by atoms with Gasteiger partial charge in [-0.15, -0.1) is 0 Å². The highest BCUT2D eigenvalue weighted by molar-refractivity contribution is 8.56. The van der Waals surface area contributed by atoms with Crippen molar-refractivity contribution in [2.24, 2.45) is 17.8 Å². The first-order valence-corrected chi connectivity index (χ1v) is 44.9. The van der Waals surface area contributed by atoms with E-state index in [-0.39, 0.29) is 42.3 Å². The van der Waals surface area contributed by atoms with E-state index in [1.54, 1.807) is 41.5 Å². The van der Waals surface area contributed by atoms with E-state index >= 15 is 0 Å². The van der Waals surface area contributed by atoms with Crippen molar-refractivity contribution in [3.8, 4) is 0 Å². The third-order valence-corrected chi connectivity index (χ3v) is 30.2. The van der Waals surface area contributed by atoms with Crippen LogP contribution in [-0.2, 0) is 104 Å². The van der Waals surface area contributed by atoms with Gasteiger partial charge in [0.2, 0.25) is 35.4 Å². The minimum absolute atomic E-state index is 0.0552. The van der Waals surface area contributed by atoms with Gasteiger partial charge in [0.1, 0.15) is 77.4 Å². The fourth-order valence-electron chi connectivity index (χ4n) is 11.6. The Morgan fingerprint density at radius 2 is 0.798 bits per heavy atom. The Morgan fingerprint density at radius 3 is 1.06 bits per heavy atom. The highest BCUT2D eigenvalue weighted by atomic mass is 32.7. The average molecular weight is 1730 g/mol. The first kappa shape index (κ1) is 94.2. The summed E-state index contributed by atoms with van der Waals surface area (Å²) in [6.45, 7) is 7.96. The predicted octanol–water partition coefficient (Wildman–Crippen LogP) is -2.32. The van der Waals surface area contributed by atoms with Crippen LogP contribution in [0.25, 0.3) is 0 Å². The summed E-state index contributed by atoms with van der Waals surface area (Å²) in [5.41, 5.74) is -9.01. The zero-order chi connectivity index (χ0) is 85.2. The van der Waals surface area contributed by atoms with E-state index in [9.17, 15) is 111 Å². The summed E-state index contributed by atoms with van der Waals surface area (Å²) in [4.78, 5) is 172. The number of hydrogen-bond donors (Lipinski definition) is 15. The SMILES string of the molecule is C=C1NC(=O)C=CN1C1O[C@H](CO[P@@](=O)(N[C@H](C)C(=O)OC(C)C)SCC2CC(=O)NC2=O)[C@@H](O)[C@@]1(C)O.CC(C)OC(=O)[C@@H](C)NP(=O)(OC[C@H]1OC(n2ccc(=O)[nH]c2=O)[C@](C)(O)[C@@H]1O)SCC1CC(=O)NC1=O.CC(C)OC(=O)[C@@H](C)N[P@@](=O)(OC[C@H]1OC(n2ccc(=O)[nH]c2=O)[C@](C)(O)[C@@H]1O)SCC1CC(=O)NC1=O. The molecule has 7 aliphatic heterocycles. The topological polar surface area (TPSA) is 624 Å².